The van der Waals surface area contributed by atoms with Crippen molar-refractivity contribution in [3.63, 3.8) is 0 Å². The van der Waals surface area contributed by atoms with Crippen molar-refractivity contribution in [3.05, 3.63) is 18.2 Å². The first kappa shape index (κ1) is 17.6. The van der Waals surface area contributed by atoms with Gasteiger partial charge in [-0.3, -0.25) is 0 Å². The summed E-state index contributed by atoms with van der Waals surface area (Å²) in [6.45, 7) is 0.376. The molecule has 164 valence electrons. The number of ether oxygens (including phenoxy) is 2. The van der Waals surface area contributed by atoms with E-state index in [0.717, 1.165) is 61.0 Å². The molecule has 31 heavy (non-hydrogen) atoms. The van der Waals surface area contributed by atoms with Gasteiger partial charge in [0.1, 0.15) is 0 Å². The Bertz CT molecular complexity index is 984. The second-order valence-electron chi connectivity index (χ2n) is 11.5. The molecule has 0 radical (unpaired) electrons. The van der Waals surface area contributed by atoms with Crippen molar-refractivity contribution in [1.82, 2.24) is 5.32 Å². The summed E-state index contributed by atoms with van der Waals surface area (Å²) in [5.74, 6) is 6.49. The maximum Gasteiger partial charge on any atom is 0.319 e. The number of fused-ring (bicyclic) bond motifs is 3. The normalized spacial score (nSPS) is 47.8. The van der Waals surface area contributed by atoms with Gasteiger partial charge in [-0.05, 0) is 85.2 Å². The monoisotopic (exact) mass is 422 g/mol. The molecule has 6 aliphatic carbocycles. The van der Waals surface area contributed by atoms with E-state index in [1.54, 1.807) is 0 Å². The van der Waals surface area contributed by atoms with E-state index in [9.17, 15) is 9.90 Å². The Morgan fingerprint density at radius 2 is 1.74 bits per heavy atom. The molecule has 0 aromatic heterocycles. The first-order valence-electron chi connectivity index (χ1n) is 12.4. The first-order chi connectivity index (χ1) is 15.1. The average molecular weight is 423 g/mol. The molecule has 1 aromatic rings. The maximum atomic E-state index is 12.7. The molecule has 1 heterocycles. The van der Waals surface area contributed by atoms with Gasteiger partial charge in [-0.15, -0.1) is 0 Å². The van der Waals surface area contributed by atoms with Crippen molar-refractivity contribution >= 4 is 11.7 Å². The quantitative estimate of drug-likeness (QED) is 0.693. The molecule has 1 aromatic carbocycles. The lowest BCUT2D eigenvalue weighted by molar-refractivity contribution is -0.126. The number of hydrogen-bond donors (Lipinski definition) is 3. The van der Waals surface area contributed by atoms with Crippen molar-refractivity contribution in [1.29, 1.82) is 0 Å². The number of hydrogen-bond acceptors (Lipinski definition) is 4. The fourth-order valence-corrected chi connectivity index (χ4v) is 9.82. The number of rotatable bonds is 3. The molecular weight excluding hydrogens is 392 g/mol. The van der Waals surface area contributed by atoms with Crippen LogP contribution in [0.2, 0.25) is 0 Å². The highest BCUT2D eigenvalue weighted by molar-refractivity contribution is 5.89. The highest BCUT2D eigenvalue weighted by Gasteiger charge is 2.84. The summed E-state index contributed by atoms with van der Waals surface area (Å²) < 4.78 is 12.3. The molecule has 2 amide bonds. The van der Waals surface area contributed by atoms with Crippen LogP contribution >= 0.6 is 0 Å². The largest absolute Gasteiger partial charge is 0.448 e. The minimum absolute atomic E-state index is 0.252. The summed E-state index contributed by atoms with van der Waals surface area (Å²) >= 11 is 0. The smallest absolute Gasteiger partial charge is 0.319 e. The Hall–Kier alpha value is -1.95. The van der Waals surface area contributed by atoms with Gasteiger partial charge in [0, 0.05) is 31.1 Å². The number of amides is 2. The summed E-state index contributed by atoms with van der Waals surface area (Å²) in [6, 6.07) is 5.35. The number of urea groups is 1. The molecule has 0 saturated heterocycles. The van der Waals surface area contributed by atoms with Crippen LogP contribution in [0, 0.1) is 47.3 Å². The van der Waals surface area contributed by atoms with Gasteiger partial charge < -0.3 is 25.2 Å². The zero-order valence-electron chi connectivity index (χ0n) is 17.7. The molecule has 8 rings (SSSR count). The summed E-state index contributed by atoms with van der Waals surface area (Å²) in [5.41, 5.74) is 0.00300. The molecule has 2 bridgehead atoms. The maximum absolute atomic E-state index is 12.7. The number of benzene rings is 1. The van der Waals surface area contributed by atoms with E-state index >= 15 is 0 Å². The Morgan fingerprint density at radius 1 is 0.968 bits per heavy atom. The summed E-state index contributed by atoms with van der Waals surface area (Å²) in [4.78, 5) is 12.7. The van der Waals surface area contributed by atoms with Crippen LogP contribution in [0.4, 0.5) is 10.5 Å². The molecular formula is C25H30N2O4. The first-order valence-corrected chi connectivity index (χ1v) is 12.4. The van der Waals surface area contributed by atoms with Crippen molar-refractivity contribution in [2.75, 3.05) is 11.9 Å². The molecule has 7 aliphatic rings. The average Bonchev–Trinajstić information content (AvgIpc) is 3.38. The molecule has 9 unspecified atom stereocenters. The molecule has 3 N–H and O–H groups in total. The highest BCUT2D eigenvalue weighted by atomic mass is 16.7. The van der Waals surface area contributed by atoms with Gasteiger partial charge in [0.15, 0.2) is 11.5 Å². The molecule has 6 saturated carbocycles. The lowest BCUT2D eigenvalue weighted by Crippen LogP contribution is -2.59. The third kappa shape index (κ3) is 2.02. The fourth-order valence-electron chi connectivity index (χ4n) is 9.82. The lowest BCUT2D eigenvalue weighted by Gasteiger charge is -2.51. The number of carbonyl (C=O) groups excluding carboxylic acids is 1. The molecule has 9 atom stereocenters. The van der Waals surface area contributed by atoms with E-state index in [4.69, 9.17) is 9.47 Å². The van der Waals surface area contributed by atoms with Gasteiger partial charge in [-0.1, -0.05) is 6.42 Å². The minimum Gasteiger partial charge on any atom is -0.448 e. The van der Waals surface area contributed by atoms with E-state index < -0.39 is 11.4 Å². The van der Waals surface area contributed by atoms with Gasteiger partial charge in [0.2, 0.25) is 0 Å². The topological polar surface area (TPSA) is 79.8 Å². The van der Waals surface area contributed by atoms with Crippen LogP contribution in [0.15, 0.2) is 18.2 Å². The SMILES string of the molecule is O=C(NCC1(O)C2C3CC4C5C3CC2C5C41)Nc1ccc2c(c1)OC1(CCCCC1)O2. The second kappa shape index (κ2) is 5.51. The van der Waals surface area contributed by atoms with Crippen LogP contribution in [0.1, 0.15) is 44.9 Å². The lowest BCUT2D eigenvalue weighted by atomic mass is 9.56. The number of anilines is 1. The van der Waals surface area contributed by atoms with E-state index in [1.807, 2.05) is 18.2 Å². The molecule has 6 nitrogen and oxygen atoms in total. The highest BCUT2D eigenvalue weighted by Crippen LogP contribution is 2.85. The van der Waals surface area contributed by atoms with Gasteiger partial charge in [0.05, 0.1) is 5.60 Å². The van der Waals surface area contributed by atoms with Gasteiger partial charge in [0.25, 0.3) is 5.79 Å². The van der Waals surface area contributed by atoms with Crippen LogP contribution in [0.25, 0.3) is 0 Å². The van der Waals surface area contributed by atoms with Gasteiger partial charge in [-0.2, -0.15) is 0 Å². The zero-order valence-corrected chi connectivity index (χ0v) is 17.7. The molecule has 1 aliphatic heterocycles. The number of carbonyl (C=O) groups is 1. The van der Waals surface area contributed by atoms with E-state index in [2.05, 4.69) is 10.6 Å². The van der Waals surface area contributed by atoms with Gasteiger partial charge in [-0.25, -0.2) is 4.79 Å². The summed E-state index contributed by atoms with van der Waals surface area (Å²) in [7, 11) is 0. The zero-order chi connectivity index (χ0) is 20.5. The second-order valence-corrected chi connectivity index (χ2v) is 11.5. The Morgan fingerprint density at radius 3 is 2.61 bits per heavy atom. The van der Waals surface area contributed by atoms with Crippen LogP contribution in [0.3, 0.4) is 0 Å². The summed E-state index contributed by atoms with van der Waals surface area (Å²) in [5, 5.41) is 17.6. The third-order valence-electron chi connectivity index (χ3n) is 10.5. The third-order valence-corrected chi connectivity index (χ3v) is 10.5. The van der Waals surface area contributed by atoms with E-state index in [1.165, 1.54) is 19.3 Å². The number of aliphatic hydroxyl groups is 1. The van der Waals surface area contributed by atoms with Crippen molar-refractivity contribution in [2.24, 2.45) is 47.3 Å². The van der Waals surface area contributed by atoms with E-state index in [-0.39, 0.29) is 6.03 Å². The van der Waals surface area contributed by atoms with E-state index in [0.29, 0.717) is 35.7 Å². The minimum atomic E-state index is -0.690. The van der Waals surface area contributed by atoms with Crippen LogP contribution in [-0.4, -0.2) is 29.1 Å². The Labute approximate surface area is 182 Å². The van der Waals surface area contributed by atoms with Gasteiger partial charge >= 0.3 is 6.03 Å². The van der Waals surface area contributed by atoms with Crippen LogP contribution in [0.5, 0.6) is 11.5 Å². The predicted octanol–water partition coefficient (Wildman–Crippen LogP) is 3.75. The Kier molecular flexibility index (Phi) is 3.12. The molecule has 6 fully saturated rings. The van der Waals surface area contributed by atoms with Crippen LogP contribution < -0.4 is 20.1 Å². The van der Waals surface area contributed by atoms with Crippen LogP contribution in [-0.2, 0) is 0 Å². The number of nitrogens with one attached hydrogen (secondary N) is 2. The predicted molar refractivity (Wildman–Crippen MR) is 113 cm³/mol. The Balaban J connectivity index is 0.949. The van der Waals surface area contributed by atoms with Crippen molar-refractivity contribution in [2.45, 2.75) is 56.3 Å². The standard InChI is InChI=1S/C25H30N2O4/c28-23(27-12-4-5-17-18(8-12)31-24(30-17)6-2-1-3-7-24)26-11-25(29)21-14-10-15-19-13(14)9-16(21)20(19)22(15)25/h4-5,8,13-16,19-22,29H,1-3,6-7,9-11H2,(H2,26,27,28). The molecule has 6 heteroatoms. The molecule has 1 spiro atoms. The van der Waals surface area contributed by atoms with Crippen molar-refractivity contribution in [3.8, 4) is 11.5 Å². The fraction of sp³-hybridized carbons (Fsp3) is 0.720. The van der Waals surface area contributed by atoms with Crippen molar-refractivity contribution < 1.29 is 19.4 Å². The summed E-state index contributed by atoms with van der Waals surface area (Å²) in [6.07, 6.45) is 7.98.